The Hall–Kier alpha value is -1.38. The minimum absolute atomic E-state index is 0.197. The molecule has 0 aromatic rings. The summed E-state index contributed by atoms with van der Waals surface area (Å²) in [7, 11) is 0. The molecule has 1 rings (SSSR count). The lowest BCUT2D eigenvalue weighted by atomic mass is 10.1. The Morgan fingerprint density at radius 2 is 2.50 bits per heavy atom. The summed E-state index contributed by atoms with van der Waals surface area (Å²) in [5.74, 6) is -1.06. The fraction of sp³-hybridized carbons (Fsp3) is 0.375. The number of carboxylic acids is 1. The van der Waals surface area contributed by atoms with Gasteiger partial charge in [-0.25, -0.2) is 4.79 Å². The molecule has 1 aliphatic heterocycles. The number of carboxylic acid groups (broad SMARTS) is 1. The standard InChI is InChI=1S/C8H8O4/c1-2-5-3-6(8(10)11)12-7(5)4-9/h4,6-7H,1,3H2,(H,10,11)/t6-,7?/m1/s1. The highest BCUT2D eigenvalue weighted by Gasteiger charge is 2.34. The number of hydrogen-bond acceptors (Lipinski definition) is 3. The van der Waals surface area contributed by atoms with Crippen LogP contribution in [0.3, 0.4) is 0 Å². The van der Waals surface area contributed by atoms with Gasteiger partial charge in [0.05, 0.1) is 0 Å². The van der Waals surface area contributed by atoms with Crippen LogP contribution < -0.4 is 0 Å². The van der Waals surface area contributed by atoms with Gasteiger partial charge in [0.1, 0.15) is 6.10 Å². The average molecular weight is 168 g/mol. The lowest BCUT2D eigenvalue weighted by Gasteiger charge is -2.02. The molecule has 0 aromatic carbocycles. The highest BCUT2D eigenvalue weighted by atomic mass is 16.5. The first-order valence-electron chi connectivity index (χ1n) is 3.41. The molecule has 2 atom stereocenters. The Morgan fingerprint density at radius 1 is 1.83 bits per heavy atom. The largest absolute Gasteiger partial charge is 0.479 e. The van der Waals surface area contributed by atoms with Crippen molar-refractivity contribution in [3.8, 4) is 0 Å². The summed E-state index contributed by atoms with van der Waals surface area (Å²) in [6.07, 6.45) is -0.952. The Labute approximate surface area is 69.1 Å². The van der Waals surface area contributed by atoms with Gasteiger partial charge >= 0.3 is 5.97 Å². The van der Waals surface area contributed by atoms with E-state index in [0.717, 1.165) is 0 Å². The van der Waals surface area contributed by atoms with E-state index in [1.54, 1.807) is 0 Å². The molecule has 4 heteroatoms. The number of aldehydes is 1. The van der Waals surface area contributed by atoms with Crippen LogP contribution in [0.15, 0.2) is 17.9 Å². The molecule has 1 heterocycles. The highest BCUT2D eigenvalue weighted by molar-refractivity contribution is 5.75. The molecule has 0 aliphatic carbocycles. The molecule has 0 aromatic heterocycles. The molecule has 1 aliphatic rings. The van der Waals surface area contributed by atoms with E-state index in [1.807, 2.05) is 0 Å². The Bertz CT molecular complexity index is 262. The predicted molar refractivity (Wildman–Crippen MR) is 39.6 cm³/mol. The zero-order valence-electron chi connectivity index (χ0n) is 6.32. The SMILES string of the molecule is C=C=C1C[C@H](C(=O)O)OC1C=O. The minimum atomic E-state index is -1.06. The normalized spacial score (nSPS) is 28.2. The van der Waals surface area contributed by atoms with Crippen LogP contribution in [0.5, 0.6) is 0 Å². The second-order valence-corrected chi connectivity index (χ2v) is 2.43. The third-order valence-corrected chi connectivity index (χ3v) is 1.69. The molecule has 0 spiro atoms. The number of carbonyl (C=O) groups excluding carboxylic acids is 1. The van der Waals surface area contributed by atoms with Crippen LogP contribution >= 0.6 is 0 Å². The predicted octanol–water partition coefficient (Wildman–Crippen LogP) is 0.139. The third-order valence-electron chi connectivity index (χ3n) is 1.69. The molecule has 0 bridgehead atoms. The quantitative estimate of drug-likeness (QED) is 0.470. The summed E-state index contributed by atoms with van der Waals surface area (Å²) in [6.45, 7) is 3.34. The molecule has 0 amide bonds. The van der Waals surface area contributed by atoms with Gasteiger partial charge in [-0.2, -0.15) is 0 Å². The van der Waals surface area contributed by atoms with Crippen molar-refractivity contribution in [1.82, 2.24) is 0 Å². The molecular weight excluding hydrogens is 160 g/mol. The van der Waals surface area contributed by atoms with E-state index in [9.17, 15) is 9.59 Å². The van der Waals surface area contributed by atoms with E-state index in [4.69, 9.17) is 9.84 Å². The first-order chi connectivity index (χ1) is 5.69. The van der Waals surface area contributed by atoms with Crippen LogP contribution in [-0.4, -0.2) is 29.6 Å². The van der Waals surface area contributed by atoms with Crippen molar-refractivity contribution in [1.29, 1.82) is 0 Å². The smallest absolute Gasteiger partial charge is 0.333 e. The van der Waals surface area contributed by atoms with Gasteiger partial charge in [-0.05, 0) is 0 Å². The Balaban J connectivity index is 2.79. The van der Waals surface area contributed by atoms with Gasteiger partial charge in [0, 0.05) is 12.0 Å². The van der Waals surface area contributed by atoms with Gasteiger partial charge in [0.2, 0.25) is 0 Å². The van der Waals surface area contributed by atoms with Gasteiger partial charge < -0.3 is 14.6 Å². The van der Waals surface area contributed by atoms with Crippen molar-refractivity contribution in [2.75, 3.05) is 0 Å². The summed E-state index contributed by atoms with van der Waals surface area (Å²) in [6, 6.07) is 0. The fourth-order valence-corrected chi connectivity index (χ4v) is 1.06. The lowest BCUT2D eigenvalue weighted by Crippen LogP contribution is -2.20. The molecule has 1 saturated heterocycles. The van der Waals surface area contributed by atoms with E-state index < -0.39 is 18.2 Å². The number of aliphatic carboxylic acids is 1. The molecule has 1 fully saturated rings. The van der Waals surface area contributed by atoms with Crippen molar-refractivity contribution in [3.63, 3.8) is 0 Å². The zero-order chi connectivity index (χ0) is 9.14. The van der Waals surface area contributed by atoms with Crippen molar-refractivity contribution in [2.24, 2.45) is 0 Å². The maximum Gasteiger partial charge on any atom is 0.333 e. The summed E-state index contributed by atoms with van der Waals surface area (Å²) in [5.41, 5.74) is 3.01. The van der Waals surface area contributed by atoms with Crippen LogP contribution in [-0.2, 0) is 14.3 Å². The van der Waals surface area contributed by atoms with Gasteiger partial charge in [-0.15, -0.1) is 5.73 Å². The third kappa shape index (κ3) is 1.44. The van der Waals surface area contributed by atoms with Gasteiger partial charge in [0.15, 0.2) is 12.4 Å². The monoisotopic (exact) mass is 168 g/mol. The van der Waals surface area contributed by atoms with Crippen LogP contribution in [0, 0.1) is 0 Å². The average Bonchev–Trinajstić information content (AvgIpc) is 2.46. The number of carbonyl (C=O) groups is 2. The van der Waals surface area contributed by atoms with E-state index in [0.29, 0.717) is 11.9 Å². The molecule has 1 unspecified atom stereocenters. The van der Waals surface area contributed by atoms with E-state index >= 15 is 0 Å². The fourth-order valence-electron chi connectivity index (χ4n) is 1.06. The topological polar surface area (TPSA) is 63.6 Å². The number of hydrogen-bond donors (Lipinski definition) is 1. The number of ether oxygens (including phenoxy) is 1. The van der Waals surface area contributed by atoms with Gasteiger partial charge in [-0.3, -0.25) is 0 Å². The van der Waals surface area contributed by atoms with Gasteiger partial charge in [-0.1, -0.05) is 6.58 Å². The summed E-state index contributed by atoms with van der Waals surface area (Å²) in [5, 5.41) is 8.54. The second kappa shape index (κ2) is 3.34. The van der Waals surface area contributed by atoms with Crippen molar-refractivity contribution in [3.05, 3.63) is 17.9 Å². The highest BCUT2D eigenvalue weighted by Crippen LogP contribution is 2.23. The lowest BCUT2D eigenvalue weighted by molar-refractivity contribution is -0.149. The van der Waals surface area contributed by atoms with Crippen LogP contribution in [0.25, 0.3) is 0 Å². The maximum absolute atomic E-state index is 10.4. The molecule has 0 saturated carbocycles. The molecule has 4 nitrogen and oxygen atoms in total. The molecule has 64 valence electrons. The van der Waals surface area contributed by atoms with Crippen molar-refractivity contribution in [2.45, 2.75) is 18.6 Å². The maximum atomic E-state index is 10.4. The molecular formula is C8H8O4. The Kier molecular flexibility index (Phi) is 2.43. The molecule has 0 radical (unpaired) electrons. The first-order valence-corrected chi connectivity index (χ1v) is 3.41. The Morgan fingerprint density at radius 3 is 2.83 bits per heavy atom. The van der Waals surface area contributed by atoms with Crippen LogP contribution in [0.1, 0.15) is 6.42 Å². The van der Waals surface area contributed by atoms with Crippen LogP contribution in [0.2, 0.25) is 0 Å². The molecule has 12 heavy (non-hydrogen) atoms. The number of rotatable bonds is 2. The summed E-state index contributed by atoms with van der Waals surface area (Å²) >= 11 is 0. The first kappa shape index (κ1) is 8.71. The minimum Gasteiger partial charge on any atom is -0.479 e. The molecule has 1 N–H and O–H groups in total. The van der Waals surface area contributed by atoms with E-state index in [-0.39, 0.29) is 6.42 Å². The van der Waals surface area contributed by atoms with Crippen molar-refractivity contribution < 1.29 is 19.4 Å². The van der Waals surface area contributed by atoms with E-state index in [2.05, 4.69) is 12.3 Å². The van der Waals surface area contributed by atoms with E-state index in [1.165, 1.54) is 0 Å². The zero-order valence-corrected chi connectivity index (χ0v) is 6.32. The van der Waals surface area contributed by atoms with Crippen LogP contribution in [0.4, 0.5) is 0 Å². The second-order valence-electron chi connectivity index (χ2n) is 2.43. The van der Waals surface area contributed by atoms with Crippen molar-refractivity contribution >= 4 is 12.3 Å². The summed E-state index contributed by atoms with van der Waals surface area (Å²) in [4.78, 5) is 20.8. The summed E-state index contributed by atoms with van der Waals surface area (Å²) < 4.78 is 4.87. The van der Waals surface area contributed by atoms with Gasteiger partial charge in [0.25, 0.3) is 0 Å².